The molecule has 0 saturated carbocycles. The quantitative estimate of drug-likeness (QED) is 0.584. The molecule has 0 fully saturated rings. The molecule has 84 valence electrons. The molecule has 1 rings (SSSR count). The predicted octanol–water partition coefficient (Wildman–Crippen LogP) is 2.68. The molecule has 0 aliphatic carbocycles. The first-order valence-electron chi connectivity index (χ1n) is 4.49. The van der Waals surface area contributed by atoms with Gasteiger partial charge in [-0.05, 0) is 30.0 Å². The van der Waals surface area contributed by atoms with Gasteiger partial charge in [-0.1, -0.05) is 31.9 Å². The summed E-state index contributed by atoms with van der Waals surface area (Å²) in [6, 6.07) is 1.72. The van der Waals surface area contributed by atoms with Crippen molar-refractivity contribution < 1.29 is 15.3 Å². The summed E-state index contributed by atoms with van der Waals surface area (Å²) in [5.41, 5.74) is 1.27. The van der Waals surface area contributed by atoms with Crippen molar-refractivity contribution in [3.8, 4) is 17.2 Å². The molecular formula is C10H12Br2O3. The number of aromatic hydroxyl groups is 3. The number of halogens is 2. The summed E-state index contributed by atoms with van der Waals surface area (Å²) in [5, 5.41) is 30.0. The fraction of sp³-hybridized carbons (Fsp3) is 0.400. The molecule has 0 unspecified atom stereocenters. The van der Waals surface area contributed by atoms with Gasteiger partial charge in [0.1, 0.15) is 0 Å². The van der Waals surface area contributed by atoms with Crippen LogP contribution in [0.1, 0.15) is 11.1 Å². The Balaban J connectivity index is 3.19. The zero-order chi connectivity index (χ0) is 11.4. The molecule has 0 aliphatic heterocycles. The standard InChI is InChI=1S/C10H12Br2O3/c11-3-1-6-5-7(2-4-12)9(14)10(15)8(6)13/h5,13-15H,1-4H2. The number of benzene rings is 1. The van der Waals surface area contributed by atoms with Crippen LogP contribution >= 0.6 is 31.9 Å². The van der Waals surface area contributed by atoms with Crippen molar-refractivity contribution in [1.29, 1.82) is 0 Å². The highest BCUT2D eigenvalue weighted by molar-refractivity contribution is 9.09. The van der Waals surface area contributed by atoms with E-state index in [0.717, 1.165) is 0 Å². The first kappa shape index (κ1) is 12.6. The van der Waals surface area contributed by atoms with E-state index in [9.17, 15) is 15.3 Å². The van der Waals surface area contributed by atoms with Crippen LogP contribution in [0, 0.1) is 0 Å². The van der Waals surface area contributed by atoms with E-state index in [1.165, 1.54) is 0 Å². The van der Waals surface area contributed by atoms with Crippen molar-refractivity contribution in [2.75, 3.05) is 10.7 Å². The van der Waals surface area contributed by atoms with Gasteiger partial charge < -0.3 is 15.3 Å². The third-order valence-electron chi connectivity index (χ3n) is 2.13. The molecule has 0 amide bonds. The third kappa shape index (κ3) is 2.78. The second-order valence-corrected chi connectivity index (χ2v) is 4.70. The summed E-state index contributed by atoms with van der Waals surface area (Å²) in [6.07, 6.45) is 1.21. The zero-order valence-electron chi connectivity index (χ0n) is 8.00. The van der Waals surface area contributed by atoms with Crippen LogP contribution in [0.25, 0.3) is 0 Å². The van der Waals surface area contributed by atoms with E-state index in [-0.39, 0.29) is 11.5 Å². The molecule has 15 heavy (non-hydrogen) atoms. The van der Waals surface area contributed by atoms with Crippen molar-refractivity contribution in [2.45, 2.75) is 12.8 Å². The zero-order valence-corrected chi connectivity index (χ0v) is 11.2. The minimum Gasteiger partial charge on any atom is -0.504 e. The van der Waals surface area contributed by atoms with Crippen LogP contribution in [0.15, 0.2) is 6.07 Å². The number of hydrogen-bond acceptors (Lipinski definition) is 3. The predicted molar refractivity (Wildman–Crippen MR) is 66.4 cm³/mol. The van der Waals surface area contributed by atoms with E-state index < -0.39 is 5.75 Å². The Morgan fingerprint density at radius 2 is 1.20 bits per heavy atom. The number of alkyl halides is 2. The lowest BCUT2D eigenvalue weighted by molar-refractivity contribution is 0.362. The van der Waals surface area contributed by atoms with Crippen LogP contribution in [-0.4, -0.2) is 26.0 Å². The smallest absolute Gasteiger partial charge is 0.200 e. The maximum absolute atomic E-state index is 9.56. The third-order valence-corrected chi connectivity index (χ3v) is 2.93. The van der Waals surface area contributed by atoms with Crippen LogP contribution in [0.5, 0.6) is 17.2 Å². The molecule has 0 aromatic heterocycles. The second kappa shape index (κ2) is 5.61. The first-order valence-corrected chi connectivity index (χ1v) is 6.73. The van der Waals surface area contributed by atoms with Gasteiger partial charge in [0.2, 0.25) is 5.75 Å². The van der Waals surface area contributed by atoms with Gasteiger partial charge in [-0.15, -0.1) is 0 Å². The van der Waals surface area contributed by atoms with Crippen molar-refractivity contribution in [2.24, 2.45) is 0 Å². The molecule has 1 aromatic carbocycles. The molecule has 0 atom stereocenters. The SMILES string of the molecule is Oc1c(CCBr)cc(CCBr)c(O)c1O. The Hall–Kier alpha value is -0.420. The van der Waals surface area contributed by atoms with Crippen molar-refractivity contribution in [1.82, 2.24) is 0 Å². The van der Waals surface area contributed by atoms with E-state index in [2.05, 4.69) is 31.9 Å². The van der Waals surface area contributed by atoms with Crippen LogP contribution < -0.4 is 0 Å². The molecule has 0 bridgehead atoms. The van der Waals surface area contributed by atoms with Crippen LogP contribution in [0.4, 0.5) is 0 Å². The highest BCUT2D eigenvalue weighted by atomic mass is 79.9. The summed E-state index contributed by atoms with van der Waals surface area (Å²) in [7, 11) is 0. The van der Waals surface area contributed by atoms with Gasteiger partial charge >= 0.3 is 0 Å². The lowest BCUT2D eigenvalue weighted by Crippen LogP contribution is -1.94. The van der Waals surface area contributed by atoms with Gasteiger partial charge in [0.15, 0.2) is 11.5 Å². The Morgan fingerprint density at radius 1 is 0.800 bits per heavy atom. The minimum absolute atomic E-state index is 0.231. The molecule has 3 nitrogen and oxygen atoms in total. The van der Waals surface area contributed by atoms with Gasteiger partial charge in [-0.3, -0.25) is 0 Å². The maximum atomic E-state index is 9.56. The van der Waals surface area contributed by atoms with Crippen molar-refractivity contribution in [3.63, 3.8) is 0 Å². The second-order valence-electron chi connectivity index (χ2n) is 3.12. The van der Waals surface area contributed by atoms with Gasteiger partial charge in [0.05, 0.1) is 0 Å². The Bertz CT molecular complexity index is 323. The molecule has 0 radical (unpaired) electrons. The Morgan fingerprint density at radius 3 is 1.53 bits per heavy atom. The van der Waals surface area contributed by atoms with E-state index in [1.807, 2.05) is 0 Å². The highest BCUT2D eigenvalue weighted by Gasteiger charge is 2.15. The average molecular weight is 340 g/mol. The Kier molecular flexibility index (Phi) is 4.73. The molecule has 0 heterocycles. The number of phenols is 3. The summed E-state index contributed by atoms with van der Waals surface area (Å²) < 4.78 is 0. The molecule has 3 N–H and O–H groups in total. The largest absolute Gasteiger partial charge is 0.504 e. The molecular weight excluding hydrogens is 328 g/mol. The topological polar surface area (TPSA) is 60.7 Å². The summed E-state index contributed by atoms with van der Waals surface area (Å²) >= 11 is 6.52. The first-order chi connectivity index (χ1) is 7.11. The molecule has 5 heteroatoms. The van der Waals surface area contributed by atoms with E-state index in [0.29, 0.717) is 34.6 Å². The summed E-state index contributed by atoms with van der Waals surface area (Å²) in [6.45, 7) is 0. The maximum Gasteiger partial charge on any atom is 0.200 e. The fourth-order valence-electron chi connectivity index (χ4n) is 1.35. The van der Waals surface area contributed by atoms with Gasteiger partial charge in [-0.2, -0.15) is 0 Å². The van der Waals surface area contributed by atoms with Gasteiger partial charge in [-0.25, -0.2) is 0 Å². The fourth-order valence-corrected chi connectivity index (χ4v) is 2.20. The number of aryl methyl sites for hydroxylation is 2. The number of phenolic OH excluding ortho intramolecular Hbond substituents is 3. The summed E-state index contributed by atoms with van der Waals surface area (Å²) in [5.74, 6) is -0.889. The lowest BCUT2D eigenvalue weighted by atomic mass is 10.0. The molecule has 0 aliphatic rings. The number of rotatable bonds is 4. The van der Waals surface area contributed by atoms with Crippen molar-refractivity contribution in [3.05, 3.63) is 17.2 Å². The van der Waals surface area contributed by atoms with E-state index >= 15 is 0 Å². The van der Waals surface area contributed by atoms with Crippen LogP contribution in [0.3, 0.4) is 0 Å². The molecule has 0 spiro atoms. The molecule has 0 saturated heterocycles. The molecule has 1 aromatic rings. The minimum atomic E-state index is -0.426. The van der Waals surface area contributed by atoms with Gasteiger partial charge in [0, 0.05) is 10.7 Å². The van der Waals surface area contributed by atoms with E-state index in [4.69, 9.17) is 0 Å². The summed E-state index contributed by atoms with van der Waals surface area (Å²) in [4.78, 5) is 0. The van der Waals surface area contributed by atoms with Gasteiger partial charge in [0.25, 0.3) is 0 Å². The Labute approximate surface area is 105 Å². The highest BCUT2D eigenvalue weighted by Crippen LogP contribution is 2.40. The van der Waals surface area contributed by atoms with Crippen LogP contribution in [0.2, 0.25) is 0 Å². The lowest BCUT2D eigenvalue weighted by Gasteiger charge is -2.11. The normalized spacial score (nSPS) is 10.5. The van der Waals surface area contributed by atoms with Crippen LogP contribution in [-0.2, 0) is 12.8 Å². The number of hydrogen-bond donors (Lipinski definition) is 3. The van der Waals surface area contributed by atoms with E-state index in [1.54, 1.807) is 6.07 Å². The average Bonchev–Trinajstić information content (AvgIpc) is 2.22. The monoisotopic (exact) mass is 338 g/mol. The van der Waals surface area contributed by atoms with Crippen molar-refractivity contribution >= 4 is 31.9 Å².